The highest BCUT2D eigenvalue weighted by atomic mass is 35.5. The molecule has 1 aromatic carbocycles. The van der Waals surface area contributed by atoms with Gasteiger partial charge in [-0.1, -0.05) is 23.2 Å². The number of hydrogen-bond donors (Lipinski definition) is 2. The SMILES string of the molecule is O=C(N[C@@H]1COP(O)O[C@@H]1c1ccc([N+](=O)[O-])cc1)C(Cl)Cl. The van der Waals surface area contributed by atoms with Gasteiger partial charge in [-0.3, -0.25) is 14.9 Å². The number of nitrogens with zero attached hydrogens (tertiary/aromatic N) is 1. The third kappa shape index (κ3) is 4.25. The maximum Gasteiger partial charge on any atom is 0.330 e. The molecule has 0 aliphatic carbocycles. The third-order valence-corrected chi connectivity index (χ3v) is 4.07. The molecule has 11 heteroatoms. The fourth-order valence-corrected chi connectivity index (χ4v) is 2.81. The number of carbonyl (C=O) groups excluding carboxylic acids is 1. The zero-order chi connectivity index (χ0) is 16.3. The van der Waals surface area contributed by atoms with Crippen molar-refractivity contribution in [1.29, 1.82) is 0 Å². The second-order valence-corrected chi connectivity index (χ2v) is 6.36. The lowest BCUT2D eigenvalue weighted by Crippen LogP contribution is -2.46. The number of alkyl halides is 2. The van der Waals surface area contributed by atoms with Crippen LogP contribution in [0, 0.1) is 10.1 Å². The van der Waals surface area contributed by atoms with Crippen LogP contribution in [0.2, 0.25) is 0 Å². The average Bonchev–Trinajstić information content (AvgIpc) is 2.49. The Morgan fingerprint density at radius 1 is 1.45 bits per heavy atom. The normalized spacial score (nSPS) is 25.0. The van der Waals surface area contributed by atoms with Crippen LogP contribution in [0.15, 0.2) is 24.3 Å². The molecule has 1 saturated heterocycles. The first-order chi connectivity index (χ1) is 10.4. The molecular weight excluding hydrogens is 358 g/mol. The summed E-state index contributed by atoms with van der Waals surface area (Å²) in [5.74, 6) is -0.628. The summed E-state index contributed by atoms with van der Waals surface area (Å²) in [4.78, 5) is 29.9. The quantitative estimate of drug-likeness (QED) is 0.364. The van der Waals surface area contributed by atoms with Crippen molar-refractivity contribution in [1.82, 2.24) is 5.32 Å². The molecule has 0 aromatic heterocycles. The van der Waals surface area contributed by atoms with Gasteiger partial charge in [-0.2, -0.15) is 0 Å². The van der Waals surface area contributed by atoms with Crippen molar-refractivity contribution < 1.29 is 23.7 Å². The van der Waals surface area contributed by atoms with Crippen LogP contribution in [-0.4, -0.2) is 33.2 Å². The lowest BCUT2D eigenvalue weighted by atomic mass is 10.0. The molecule has 0 radical (unpaired) electrons. The molecule has 1 amide bonds. The number of carbonyl (C=O) groups is 1. The van der Waals surface area contributed by atoms with E-state index in [0.29, 0.717) is 5.56 Å². The van der Waals surface area contributed by atoms with Crippen LogP contribution in [0.4, 0.5) is 5.69 Å². The molecule has 8 nitrogen and oxygen atoms in total. The summed E-state index contributed by atoms with van der Waals surface area (Å²) < 4.78 is 10.3. The van der Waals surface area contributed by atoms with E-state index in [4.69, 9.17) is 32.2 Å². The lowest BCUT2D eigenvalue weighted by Gasteiger charge is -2.33. The van der Waals surface area contributed by atoms with E-state index in [1.54, 1.807) is 0 Å². The van der Waals surface area contributed by atoms with Crippen LogP contribution in [0.25, 0.3) is 0 Å². The van der Waals surface area contributed by atoms with Gasteiger partial charge in [-0.05, 0) is 17.7 Å². The van der Waals surface area contributed by atoms with Gasteiger partial charge in [0.05, 0.1) is 17.6 Å². The maximum atomic E-state index is 11.6. The van der Waals surface area contributed by atoms with Gasteiger partial charge in [0.1, 0.15) is 6.10 Å². The van der Waals surface area contributed by atoms with Gasteiger partial charge in [-0.25, -0.2) is 0 Å². The van der Waals surface area contributed by atoms with E-state index in [-0.39, 0.29) is 12.3 Å². The molecule has 1 aliphatic heterocycles. The zero-order valence-corrected chi connectivity index (χ0v) is 13.3. The fourth-order valence-electron chi connectivity index (χ4n) is 1.87. The van der Waals surface area contributed by atoms with Crippen molar-refractivity contribution in [2.24, 2.45) is 0 Å². The van der Waals surface area contributed by atoms with E-state index >= 15 is 0 Å². The van der Waals surface area contributed by atoms with Crippen LogP contribution in [-0.2, 0) is 13.8 Å². The number of nitro groups is 1. The Balaban J connectivity index is 2.18. The molecule has 22 heavy (non-hydrogen) atoms. The summed E-state index contributed by atoms with van der Waals surface area (Å²) in [6, 6.07) is 4.93. The van der Waals surface area contributed by atoms with Crippen molar-refractivity contribution in [2.75, 3.05) is 6.61 Å². The predicted molar refractivity (Wildman–Crippen MR) is 79.4 cm³/mol. The molecule has 1 aromatic rings. The monoisotopic (exact) mass is 368 g/mol. The number of halogens is 2. The Morgan fingerprint density at radius 3 is 2.64 bits per heavy atom. The van der Waals surface area contributed by atoms with Crippen molar-refractivity contribution in [3.05, 3.63) is 39.9 Å². The number of hydrogen-bond acceptors (Lipinski definition) is 6. The molecule has 1 heterocycles. The van der Waals surface area contributed by atoms with Crippen LogP contribution >= 0.6 is 31.8 Å². The Kier molecular flexibility index (Phi) is 5.91. The summed E-state index contributed by atoms with van der Waals surface area (Å²) in [6.45, 7) is -0.00387. The minimum atomic E-state index is -2.09. The number of nitrogens with one attached hydrogen (secondary N) is 1. The maximum absolute atomic E-state index is 11.6. The molecule has 2 N–H and O–H groups in total. The smallest absolute Gasteiger partial charge is 0.330 e. The van der Waals surface area contributed by atoms with Crippen LogP contribution in [0.5, 0.6) is 0 Å². The van der Waals surface area contributed by atoms with Crippen molar-refractivity contribution >= 4 is 43.4 Å². The van der Waals surface area contributed by atoms with Crippen LogP contribution in [0.1, 0.15) is 11.7 Å². The molecule has 0 bridgehead atoms. The van der Waals surface area contributed by atoms with E-state index in [0.717, 1.165) is 0 Å². The second-order valence-electron chi connectivity index (χ2n) is 4.32. The summed E-state index contributed by atoms with van der Waals surface area (Å²) in [7, 11) is -2.09. The minimum absolute atomic E-state index is 0.00387. The summed E-state index contributed by atoms with van der Waals surface area (Å²) in [5.41, 5.74) is 0.464. The summed E-state index contributed by atoms with van der Waals surface area (Å²) >= 11 is 11.0. The first kappa shape index (κ1) is 17.3. The highest BCUT2D eigenvalue weighted by Gasteiger charge is 2.35. The molecule has 1 fully saturated rings. The molecule has 120 valence electrons. The van der Waals surface area contributed by atoms with Gasteiger partial charge in [0.2, 0.25) is 0 Å². The Morgan fingerprint density at radius 2 is 2.09 bits per heavy atom. The van der Waals surface area contributed by atoms with Gasteiger partial charge in [0.25, 0.3) is 11.6 Å². The highest BCUT2D eigenvalue weighted by molar-refractivity contribution is 7.40. The van der Waals surface area contributed by atoms with Crippen molar-refractivity contribution in [3.8, 4) is 0 Å². The molecular formula is C11H11Cl2N2O6P. The van der Waals surface area contributed by atoms with Crippen molar-refractivity contribution in [2.45, 2.75) is 17.0 Å². The first-order valence-corrected chi connectivity index (χ1v) is 8.00. The zero-order valence-electron chi connectivity index (χ0n) is 10.9. The molecule has 1 unspecified atom stereocenters. The van der Waals surface area contributed by atoms with Crippen LogP contribution < -0.4 is 5.32 Å². The number of amides is 1. The van der Waals surface area contributed by atoms with E-state index in [1.807, 2.05) is 0 Å². The predicted octanol–water partition coefficient (Wildman–Crippen LogP) is 2.19. The summed E-state index contributed by atoms with van der Waals surface area (Å²) in [5, 5.41) is 13.2. The number of nitro benzene ring substituents is 1. The minimum Gasteiger partial charge on any atom is -0.346 e. The van der Waals surface area contributed by atoms with Crippen molar-refractivity contribution in [3.63, 3.8) is 0 Å². The number of rotatable bonds is 4. The number of non-ortho nitro benzene ring substituents is 1. The largest absolute Gasteiger partial charge is 0.346 e. The topological polar surface area (TPSA) is 111 Å². The van der Waals surface area contributed by atoms with E-state index < -0.39 is 36.4 Å². The Bertz CT molecular complexity index is 558. The fraction of sp³-hybridized carbons (Fsp3) is 0.364. The Hall–Kier alpha value is -1.02. The first-order valence-electron chi connectivity index (χ1n) is 6.00. The van der Waals surface area contributed by atoms with Gasteiger partial charge >= 0.3 is 8.60 Å². The molecule has 0 saturated carbocycles. The lowest BCUT2D eigenvalue weighted by molar-refractivity contribution is -0.384. The molecule has 1 aliphatic rings. The molecule has 3 atom stereocenters. The van der Waals surface area contributed by atoms with Gasteiger partial charge in [-0.15, -0.1) is 0 Å². The van der Waals surface area contributed by atoms with E-state index in [9.17, 15) is 19.8 Å². The molecule has 0 spiro atoms. The highest BCUT2D eigenvalue weighted by Crippen LogP contribution is 2.45. The summed E-state index contributed by atoms with van der Waals surface area (Å²) in [6.07, 6.45) is -0.735. The standard InChI is InChI=1S/C11H11Cl2N2O6P/c12-10(13)11(16)14-8-5-20-22(19)21-9(8)6-1-3-7(4-2-6)15(17)18/h1-4,8-10,19H,5H2,(H,14,16)/t8-,9-,22?/m1/s1. The van der Waals surface area contributed by atoms with E-state index in [2.05, 4.69) is 5.32 Å². The Labute approximate surface area is 136 Å². The van der Waals surface area contributed by atoms with E-state index in [1.165, 1.54) is 24.3 Å². The molecule has 2 rings (SSSR count). The average molecular weight is 369 g/mol. The van der Waals surface area contributed by atoms with Gasteiger partial charge < -0.3 is 19.3 Å². The second kappa shape index (κ2) is 7.50. The van der Waals surface area contributed by atoms with Crippen LogP contribution in [0.3, 0.4) is 0 Å². The number of benzene rings is 1. The van der Waals surface area contributed by atoms with Gasteiger partial charge in [0.15, 0.2) is 4.84 Å². The third-order valence-electron chi connectivity index (χ3n) is 2.89. The van der Waals surface area contributed by atoms with Gasteiger partial charge in [0, 0.05) is 12.1 Å².